The van der Waals surface area contributed by atoms with Crippen LogP contribution in [0.3, 0.4) is 0 Å². The second kappa shape index (κ2) is 9.96. The van der Waals surface area contributed by atoms with E-state index in [1.54, 1.807) is 0 Å². The molecule has 5 rings (SSSR count). The summed E-state index contributed by atoms with van der Waals surface area (Å²) in [4.78, 5) is 13.7. The second-order valence-electron chi connectivity index (χ2n) is 8.91. The van der Waals surface area contributed by atoms with E-state index in [2.05, 4.69) is 61.5 Å². The molecule has 1 aromatic heterocycles. The molecule has 3 heteroatoms. The third-order valence-electron chi connectivity index (χ3n) is 6.47. The predicted octanol–water partition coefficient (Wildman–Crippen LogP) is 6.10. The molecule has 0 saturated heterocycles. The smallest absolute Gasteiger partial charge is 0.254 e. The molecule has 0 amide bonds. The normalized spacial score (nSPS) is 12.6. The standard InChI is InChI=1S/C31H29NO2/c1-23-21-32(22-26-10-6-3-7-11-26)31(33)29(28(23)15-12-24-8-4-2-5-9-24)16-13-25-14-17-30-27(20-25)18-19-34-30/h2-12,14-15,17,20-21H,13,16,18-19,22H2,1H3/b15-12+. The van der Waals surface area contributed by atoms with Gasteiger partial charge in [0.25, 0.3) is 5.56 Å². The fourth-order valence-corrected chi connectivity index (χ4v) is 4.67. The zero-order valence-electron chi connectivity index (χ0n) is 19.5. The predicted molar refractivity (Wildman–Crippen MR) is 139 cm³/mol. The van der Waals surface area contributed by atoms with Crippen LogP contribution in [0.4, 0.5) is 0 Å². The van der Waals surface area contributed by atoms with Gasteiger partial charge >= 0.3 is 0 Å². The van der Waals surface area contributed by atoms with Crippen molar-refractivity contribution in [2.24, 2.45) is 0 Å². The minimum atomic E-state index is 0.0895. The van der Waals surface area contributed by atoms with Crippen molar-refractivity contribution in [3.05, 3.63) is 134 Å². The quantitative estimate of drug-likeness (QED) is 0.343. The molecule has 0 fully saturated rings. The molecule has 0 saturated carbocycles. The van der Waals surface area contributed by atoms with Crippen LogP contribution in [0.15, 0.2) is 89.9 Å². The summed E-state index contributed by atoms with van der Waals surface area (Å²) >= 11 is 0. The number of hydrogen-bond donors (Lipinski definition) is 0. The zero-order valence-corrected chi connectivity index (χ0v) is 19.5. The van der Waals surface area contributed by atoms with E-state index in [-0.39, 0.29) is 5.56 Å². The number of pyridine rings is 1. The summed E-state index contributed by atoms with van der Waals surface area (Å²) in [6.07, 6.45) is 8.68. The minimum Gasteiger partial charge on any atom is -0.493 e. The fourth-order valence-electron chi connectivity index (χ4n) is 4.67. The maximum absolute atomic E-state index is 13.7. The van der Waals surface area contributed by atoms with Gasteiger partial charge in [0.05, 0.1) is 13.2 Å². The lowest BCUT2D eigenvalue weighted by Gasteiger charge is -2.15. The number of aryl methyl sites for hydroxylation is 2. The summed E-state index contributed by atoms with van der Waals surface area (Å²) in [5.41, 5.74) is 7.88. The van der Waals surface area contributed by atoms with Gasteiger partial charge in [-0.05, 0) is 59.2 Å². The average Bonchev–Trinajstić information content (AvgIpc) is 3.34. The van der Waals surface area contributed by atoms with Gasteiger partial charge in [-0.15, -0.1) is 0 Å². The van der Waals surface area contributed by atoms with Crippen molar-refractivity contribution in [1.82, 2.24) is 4.57 Å². The molecule has 3 aromatic carbocycles. The Morgan fingerprint density at radius 1 is 0.882 bits per heavy atom. The number of fused-ring (bicyclic) bond motifs is 1. The first-order chi connectivity index (χ1) is 16.7. The first kappa shape index (κ1) is 22.0. The molecular formula is C31H29NO2. The minimum absolute atomic E-state index is 0.0895. The lowest BCUT2D eigenvalue weighted by Crippen LogP contribution is -2.26. The van der Waals surface area contributed by atoms with Crippen LogP contribution in [0, 0.1) is 6.92 Å². The van der Waals surface area contributed by atoms with Crippen molar-refractivity contribution in [2.75, 3.05) is 6.61 Å². The van der Waals surface area contributed by atoms with Gasteiger partial charge in [0.2, 0.25) is 0 Å². The van der Waals surface area contributed by atoms with Crippen LogP contribution in [0.5, 0.6) is 5.75 Å². The van der Waals surface area contributed by atoms with Crippen LogP contribution in [-0.2, 0) is 25.8 Å². The monoisotopic (exact) mass is 447 g/mol. The maximum atomic E-state index is 13.7. The third kappa shape index (κ3) is 4.89. The Morgan fingerprint density at radius 3 is 2.44 bits per heavy atom. The van der Waals surface area contributed by atoms with Crippen molar-refractivity contribution < 1.29 is 4.74 Å². The average molecular weight is 448 g/mol. The molecule has 0 atom stereocenters. The summed E-state index contributed by atoms with van der Waals surface area (Å²) in [6, 6.07) is 26.8. The van der Waals surface area contributed by atoms with Crippen molar-refractivity contribution in [1.29, 1.82) is 0 Å². The van der Waals surface area contributed by atoms with E-state index in [4.69, 9.17) is 4.74 Å². The molecule has 0 radical (unpaired) electrons. The van der Waals surface area contributed by atoms with Crippen LogP contribution in [0.1, 0.15) is 38.9 Å². The SMILES string of the molecule is Cc1cn(Cc2ccccc2)c(=O)c(CCc2ccc3c(c2)CCO3)c1/C=C/c1ccccc1. The van der Waals surface area contributed by atoms with E-state index < -0.39 is 0 Å². The van der Waals surface area contributed by atoms with Crippen LogP contribution in [0.25, 0.3) is 12.2 Å². The molecular weight excluding hydrogens is 418 g/mol. The van der Waals surface area contributed by atoms with Gasteiger partial charge in [0, 0.05) is 18.2 Å². The molecule has 3 nitrogen and oxygen atoms in total. The lowest BCUT2D eigenvalue weighted by atomic mass is 9.96. The Labute approximate surface area is 201 Å². The largest absolute Gasteiger partial charge is 0.493 e. The highest BCUT2D eigenvalue weighted by Gasteiger charge is 2.15. The molecule has 0 N–H and O–H groups in total. The Kier molecular flexibility index (Phi) is 6.44. The molecule has 1 aliphatic rings. The highest BCUT2D eigenvalue weighted by atomic mass is 16.5. The van der Waals surface area contributed by atoms with Crippen molar-refractivity contribution in [2.45, 2.75) is 32.7 Å². The Balaban J connectivity index is 1.50. The molecule has 34 heavy (non-hydrogen) atoms. The van der Waals surface area contributed by atoms with Gasteiger partial charge in [-0.3, -0.25) is 4.79 Å². The molecule has 0 bridgehead atoms. The first-order valence-electron chi connectivity index (χ1n) is 11.9. The topological polar surface area (TPSA) is 31.2 Å². The number of ether oxygens (including phenoxy) is 1. The summed E-state index contributed by atoms with van der Waals surface area (Å²) < 4.78 is 7.51. The second-order valence-corrected chi connectivity index (χ2v) is 8.91. The molecule has 2 heterocycles. The third-order valence-corrected chi connectivity index (χ3v) is 6.47. The summed E-state index contributed by atoms with van der Waals surface area (Å²) in [5, 5.41) is 0. The molecule has 170 valence electrons. The molecule has 1 aliphatic heterocycles. The summed E-state index contributed by atoms with van der Waals surface area (Å²) in [6.45, 7) is 3.43. The van der Waals surface area contributed by atoms with E-state index >= 15 is 0 Å². The van der Waals surface area contributed by atoms with Gasteiger partial charge in [-0.25, -0.2) is 0 Å². The molecule has 0 unspecified atom stereocenters. The highest BCUT2D eigenvalue weighted by molar-refractivity contribution is 5.72. The molecule has 0 spiro atoms. The summed E-state index contributed by atoms with van der Waals surface area (Å²) in [5.74, 6) is 0.996. The maximum Gasteiger partial charge on any atom is 0.254 e. The Hall–Kier alpha value is -3.85. The van der Waals surface area contributed by atoms with E-state index in [9.17, 15) is 4.79 Å². The van der Waals surface area contributed by atoms with Crippen molar-refractivity contribution in [3.63, 3.8) is 0 Å². The lowest BCUT2D eigenvalue weighted by molar-refractivity contribution is 0.357. The van der Waals surface area contributed by atoms with Gasteiger partial charge < -0.3 is 9.30 Å². The number of aromatic nitrogens is 1. The van der Waals surface area contributed by atoms with Crippen LogP contribution >= 0.6 is 0 Å². The Bertz CT molecular complexity index is 1370. The van der Waals surface area contributed by atoms with Crippen molar-refractivity contribution in [3.8, 4) is 5.75 Å². The fraction of sp³-hybridized carbons (Fsp3) is 0.194. The molecule has 0 aliphatic carbocycles. The van der Waals surface area contributed by atoms with E-state index in [1.165, 1.54) is 11.1 Å². The van der Waals surface area contributed by atoms with Crippen LogP contribution in [-0.4, -0.2) is 11.2 Å². The van der Waals surface area contributed by atoms with E-state index in [0.717, 1.165) is 53.0 Å². The summed E-state index contributed by atoms with van der Waals surface area (Å²) in [7, 11) is 0. The number of nitrogens with zero attached hydrogens (tertiary/aromatic N) is 1. The molecule has 4 aromatic rings. The number of rotatable bonds is 7. The Morgan fingerprint density at radius 2 is 1.65 bits per heavy atom. The van der Waals surface area contributed by atoms with Gasteiger partial charge in [0.1, 0.15) is 5.75 Å². The van der Waals surface area contributed by atoms with Gasteiger partial charge in [0.15, 0.2) is 0 Å². The van der Waals surface area contributed by atoms with Crippen LogP contribution in [0.2, 0.25) is 0 Å². The van der Waals surface area contributed by atoms with E-state index in [0.29, 0.717) is 13.0 Å². The number of benzene rings is 3. The van der Waals surface area contributed by atoms with Crippen molar-refractivity contribution >= 4 is 12.2 Å². The first-order valence-corrected chi connectivity index (χ1v) is 11.9. The van der Waals surface area contributed by atoms with Crippen LogP contribution < -0.4 is 10.3 Å². The highest BCUT2D eigenvalue weighted by Crippen LogP contribution is 2.26. The van der Waals surface area contributed by atoms with Gasteiger partial charge in [-0.1, -0.05) is 84.9 Å². The van der Waals surface area contributed by atoms with Gasteiger partial charge in [-0.2, -0.15) is 0 Å². The number of hydrogen-bond acceptors (Lipinski definition) is 2. The zero-order chi connectivity index (χ0) is 23.3. The van der Waals surface area contributed by atoms with E-state index in [1.807, 2.05) is 47.2 Å².